The van der Waals surface area contributed by atoms with Crippen molar-refractivity contribution in [3.05, 3.63) is 0 Å². The number of carbonyl (C=O) groups is 1. The van der Waals surface area contributed by atoms with E-state index in [1.165, 1.54) is 32.1 Å². The number of halogens is 2. The molecule has 0 saturated heterocycles. The Kier molecular flexibility index (Phi) is 9.00. The number of unbranched alkanes of at least 4 members (excludes halogenated alkanes) is 6. The van der Waals surface area contributed by atoms with Crippen LogP contribution in [0.25, 0.3) is 0 Å². The van der Waals surface area contributed by atoms with Crippen molar-refractivity contribution in [2.75, 3.05) is 0 Å². The molecule has 0 atom stereocenters. The van der Waals surface area contributed by atoms with E-state index in [0.717, 1.165) is 12.8 Å². The molecule has 1 fully saturated rings. The van der Waals surface area contributed by atoms with Crippen LogP contribution >= 0.6 is 0 Å². The van der Waals surface area contributed by atoms with Gasteiger partial charge in [0, 0.05) is 19.3 Å². The zero-order valence-electron chi connectivity index (χ0n) is 10.7. The lowest BCUT2D eigenvalue weighted by atomic mass is 10.1. The van der Waals surface area contributed by atoms with Crippen molar-refractivity contribution < 1.29 is 18.7 Å². The summed E-state index contributed by atoms with van der Waals surface area (Å²) in [4.78, 5) is 10.1. The molecule has 0 amide bonds. The van der Waals surface area contributed by atoms with E-state index in [-0.39, 0.29) is 12.8 Å². The predicted octanol–water partition coefficient (Wildman–Crippen LogP) is 4.63. The van der Waals surface area contributed by atoms with Crippen LogP contribution < -0.4 is 0 Å². The average molecular weight is 250 g/mol. The van der Waals surface area contributed by atoms with Gasteiger partial charge < -0.3 is 5.11 Å². The molecule has 1 rings (SSSR count). The molecule has 0 aromatic carbocycles. The lowest BCUT2D eigenvalue weighted by Gasteiger charge is -1.98. The molecule has 0 aromatic heterocycles. The van der Waals surface area contributed by atoms with Crippen molar-refractivity contribution in [2.45, 2.75) is 77.1 Å². The molecule has 1 aliphatic rings. The third kappa shape index (κ3) is 15.3. The summed E-state index contributed by atoms with van der Waals surface area (Å²) in [5, 5.41) is 8.35. The van der Waals surface area contributed by atoms with E-state index in [4.69, 9.17) is 5.11 Å². The van der Waals surface area contributed by atoms with E-state index in [0.29, 0.717) is 6.42 Å². The number of carboxylic acid groups (broad SMARTS) is 1. The summed E-state index contributed by atoms with van der Waals surface area (Å²) in [7, 11) is 0. The second-order valence-electron chi connectivity index (χ2n) is 4.62. The zero-order chi connectivity index (χ0) is 13.1. The van der Waals surface area contributed by atoms with Crippen molar-refractivity contribution in [3.8, 4) is 0 Å². The van der Waals surface area contributed by atoms with Crippen LogP contribution in [0.3, 0.4) is 0 Å². The fourth-order valence-corrected chi connectivity index (χ4v) is 1.33. The van der Waals surface area contributed by atoms with Crippen LogP contribution in [0.15, 0.2) is 0 Å². The second-order valence-corrected chi connectivity index (χ2v) is 4.62. The van der Waals surface area contributed by atoms with E-state index in [1.54, 1.807) is 0 Å². The summed E-state index contributed by atoms with van der Waals surface area (Å²) in [6.07, 6.45) is 8.88. The smallest absolute Gasteiger partial charge is 0.303 e. The van der Waals surface area contributed by atoms with E-state index < -0.39 is 11.9 Å². The Morgan fingerprint density at radius 1 is 1.06 bits per heavy atom. The minimum atomic E-state index is -2.25. The van der Waals surface area contributed by atoms with Crippen molar-refractivity contribution >= 4 is 5.97 Å². The maximum absolute atomic E-state index is 11.1. The summed E-state index contributed by atoms with van der Waals surface area (Å²) in [6, 6.07) is 0. The van der Waals surface area contributed by atoms with Crippen molar-refractivity contribution in [1.82, 2.24) is 0 Å². The van der Waals surface area contributed by atoms with Crippen LogP contribution in [0.2, 0.25) is 0 Å². The molecule has 4 heteroatoms. The van der Waals surface area contributed by atoms with E-state index in [9.17, 15) is 13.6 Å². The molecular weight excluding hydrogens is 226 g/mol. The monoisotopic (exact) mass is 250 g/mol. The highest BCUT2D eigenvalue weighted by atomic mass is 19.3. The van der Waals surface area contributed by atoms with Gasteiger partial charge in [-0.15, -0.1) is 0 Å². The van der Waals surface area contributed by atoms with Gasteiger partial charge in [-0.2, -0.15) is 0 Å². The van der Waals surface area contributed by atoms with Crippen LogP contribution in [-0.2, 0) is 4.79 Å². The lowest BCUT2D eigenvalue weighted by Crippen LogP contribution is -1.93. The Morgan fingerprint density at radius 3 is 1.82 bits per heavy atom. The maximum atomic E-state index is 11.1. The number of hydrogen-bond acceptors (Lipinski definition) is 1. The molecule has 1 saturated carbocycles. The molecule has 102 valence electrons. The van der Waals surface area contributed by atoms with Gasteiger partial charge in [-0.3, -0.25) is 4.79 Å². The summed E-state index contributed by atoms with van der Waals surface area (Å²) >= 11 is 0. The third-order valence-electron chi connectivity index (χ3n) is 2.62. The Hall–Kier alpha value is -0.670. The average Bonchev–Trinajstić information content (AvgIpc) is 2.93. The molecule has 0 aromatic rings. The first kappa shape index (κ1) is 16.3. The molecule has 0 radical (unpaired) electrons. The van der Waals surface area contributed by atoms with Crippen LogP contribution in [0, 0.1) is 0 Å². The van der Waals surface area contributed by atoms with E-state index >= 15 is 0 Å². The number of aliphatic carboxylic acids is 1. The van der Waals surface area contributed by atoms with Gasteiger partial charge in [0.25, 0.3) is 0 Å². The summed E-state index contributed by atoms with van der Waals surface area (Å²) in [6.45, 7) is 2.20. The van der Waals surface area contributed by atoms with Gasteiger partial charge in [-0.25, -0.2) is 8.78 Å². The Morgan fingerprint density at radius 2 is 1.47 bits per heavy atom. The summed E-state index contributed by atoms with van der Waals surface area (Å²) < 4.78 is 22.3. The Balaban J connectivity index is 0.000000419. The van der Waals surface area contributed by atoms with Crippen LogP contribution in [0.5, 0.6) is 0 Å². The van der Waals surface area contributed by atoms with E-state index in [1.807, 2.05) is 0 Å². The highest BCUT2D eigenvalue weighted by Gasteiger charge is 2.43. The second kappa shape index (κ2) is 9.37. The van der Waals surface area contributed by atoms with Crippen molar-refractivity contribution in [1.29, 1.82) is 0 Å². The molecule has 0 bridgehead atoms. The SMILES string of the molecule is CCCCCCCCCC(=O)O.FC1(F)CC1. The van der Waals surface area contributed by atoms with Gasteiger partial charge in [-0.05, 0) is 6.42 Å². The number of carboxylic acids is 1. The van der Waals surface area contributed by atoms with Crippen molar-refractivity contribution in [3.63, 3.8) is 0 Å². The van der Waals surface area contributed by atoms with Crippen LogP contribution in [-0.4, -0.2) is 17.0 Å². The lowest BCUT2D eigenvalue weighted by molar-refractivity contribution is -0.137. The molecular formula is C13H24F2O2. The molecule has 0 spiro atoms. The van der Waals surface area contributed by atoms with E-state index in [2.05, 4.69) is 6.92 Å². The standard InChI is InChI=1S/C10H20O2.C3H4F2/c1-2-3-4-5-6-7-8-9-10(11)12;4-3(5)1-2-3/h2-9H2,1H3,(H,11,12);1-2H2. The molecule has 1 N–H and O–H groups in total. The molecule has 2 nitrogen and oxygen atoms in total. The predicted molar refractivity (Wildman–Crippen MR) is 64.4 cm³/mol. The molecule has 0 unspecified atom stereocenters. The minimum absolute atomic E-state index is 0.118. The highest BCUT2D eigenvalue weighted by Crippen LogP contribution is 2.40. The van der Waals surface area contributed by atoms with Gasteiger partial charge in [0.05, 0.1) is 0 Å². The summed E-state index contributed by atoms with van der Waals surface area (Å²) in [5.74, 6) is -2.91. The molecule has 17 heavy (non-hydrogen) atoms. The van der Waals surface area contributed by atoms with Crippen LogP contribution in [0.4, 0.5) is 8.78 Å². The van der Waals surface area contributed by atoms with Crippen molar-refractivity contribution in [2.24, 2.45) is 0 Å². The van der Waals surface area contributed by atoms with Gasteiger partial charge >= 0.3 is 5.97 Å². The molecule has 0 heterocycles. The Bertz CT molecular complexity index is 200. The molecule has 0 aliphatic heterocycles. The fraction of sp³-hybridized carbons (Fsp3) is 0.923. The first-order chi connectivity index (χ1) is 7.98. The number of alkyl halides is 2. The summed E-state index contributed by atoms with van der Waals surface area (Å²) in [5.41, 5.74) is 0. The third-order valence-corrected chi connectivity index (χ3v) is 2.62. The largest absolute Gasteiger partial charge is 0.481 e. The maximum Gasteiger partial charge on any atom is 0.303 e. The van der Waals surface area contributed by atoms with Gasteiger partial charge in [0.1, 0.15) is 0 Å². The first-order valence-electron chi connectivity index (χ1n) is 6.57. The van der Waals surface area contributed by atoms with Gasteiger partial charge in [-0.1, -0.05) is 45.4 Å². The number of rotatable bonds is 8. The normalized spacial score (nSPS) is 15.9. The zero-order valence-corrected chi connectivity index (χ0v) is 10.7. The van der Waals surface area contributed by atoms with Gasteiger partial charge in [0.2, 0.25) is 5.92 Å². The fourth-order valence-electron chi connectivity index (χ4n) is 1.33. The first-order valence-corrected chi connectivity index (χ1v) is 6.57. The van der Waals surface area contributed by atoms with Gasteiger partial charge in [0.15, 0.2) is 0 Å². The van der Waals surface area contributed by atoms with Crippen LogP contribution in [0.1, 0.15) is 71.1 Å². The Labute approximate surface area is 102 Å². The topological polar surface area (TPSA) is 37.3 Å². The highest BCUT2D eigenvalue weighted by molar-refractivity contribution is 5.66. The molecule has 1 aliphatic carbocycles. The minimum Gasteiger partial charge on any atom is -0.481 e. The quantitative estimate of drug-likeness (QED) is 0.638. The number of hydrogen-bond donors (Lipinski definition) is 1.